The fourth-order valence-electron chi connectivity index (χ4n) is 2.27. The molecule has 0 aliphatic heterocycles. The van der Waals surface area contributed by atoms with Gasteiger partial charge in [-0.3, -0.25) is 4.79 Å². The number of carbonyl (C=O) groups is 1. The van der Waals surface area contributed by atoms with Crippen LogP contribution in [0.3, 0.4) is 0 Å². The van der Waals surface area contributed by atoms with Crippen LogP contribution in [0.2, 0.25) is 0 Å². The summed E-state index contributed by atoms with van der Waals surface area (Å²) in [4.78, 5) is 17.0. The molecule has 24 heavy (non-hydrogen) atoms. The number of fused-ring (bicyclic) bond motifs is 1. The number of nitrogens with one attached hydrogen (secondary N) is 2. The summed E-state index contributed by atoms with van der Waals surface area (Å²) in [6.07, 6.45) is 2.71. The molecule has 0 fully saturated rings. The van der Waals surface area contributed by atoms with Crippen LogP contribution in [-0.4, -0.2) is 40.3 Å². The standard InChI is InChI=1S/C16H25N5O.2ClH/c1-6-12(4)21-15-14(9-19-21)13(7-10(2)20-15)16(22)18-8-11(3)17-5;;/h7,9,11-12,17H,6,8H2,1-5H3,(H,18,22);2*1H. The van der Waals surface area contributed by atoms with E-state index in [1.54, 1.807) is 6.20 Å². The van der Waals surface area contributed by atoms with Gasteiger partial charge in [-0.25, -0.2) is 9.67 Å². The third-order valence-corrected chi connectivity index (χ3v) is 4.01. The van der Waals surface area contributed by atoms with Gasteiger partial charge in [0.05, 0.1) is 23.2 Å². The van der Waals surface area contributed by atoms with E-state index in [2.05, 4.69) is 34.6 Å². The first-order chi connectivity index (χ1) is 10.5. The summed E-state index contributed by atoms with van der Waals surface area (Å²) in [5.74, 6) is -0.0821. The van der Waals surface area contributed by atoms with Crippen molar-refractivity contribution in [3.63, 3.8) is 0 Å². The fraction of sp³-hybridized carbons (Fsp3) is 0.562. The molecule has 2 rings (SSSR count). The van der Waals surface area contributed by atoms with Gasteiger partial charge in [-0.2, -0.15) is 5.10 Å². The van der Waals surface area contributed by atoms with Crippen molar-refractivity contribution in [1.29, 1.82) is 0 Å². The molecule has 8 heteroatoms. The highest BCUT2D eigenvalue weighted by atomic mass is 35.5. The van der Waals surface area contributed by atoms with Crippen molar-refractivity contribution in [2.24, 2.45) is 0 Å². The van der Waals surface area contributed by atoms with Gasteiger partial charge in [-0.1, -0.05) is 6.92 Å². The van der Waals surface area contributed by atoms with E-state index in [4.69, 9.17) is 0 Å². The average molecular weight is 376 g/mol. The maximum absolute atomic E-state index is 12.5. The van der Waals surface area contributed by atoms with Crippen LogP contribution in [0.4, 0.5) is 0 Å². The van der Waals surface area contributed by atoms with E-state index in [1.807, 2.05) is 31.6 Å². The van der Waals surface area contributed by atoms with Crippen molar-refractivity contribution >= 4 is 41.8 Å². The molecular formula is C16H27Cl2N5O. The Morgan fingerprint density at radius 3 is 2.58 bits per heavy atom. The van der Waals surface area contributed by atoms with Crippen molar-refractivity contribution in [3.05, 3.63) is 23.5 Å². The quantitative estimate of drug-likeness (QED) is 0.813. The van der Waals surface area contributed by atoms with E-state index in [0.717, 1.165) is 23.1 Å². The third-order valence-electron chi connectivity index (χ3n) is 4.01. The van der Waals surface area contributed by atoms with Crippen LogP contribution in [0, 0.1) is 6.92 Å². The number of aromatic nitrogens is 3. The van der Waals surface area contributed by atoms with Gasteiger partial charge in [-0.05, 0) is 40.3 Å². The Kier molecular flexibility index (Phi) is 9.25. The highest BCUT2D eigenvalue weighted by Gasteiger charge is 2.17. The molecule has 0 bridgehead atoms. The van der Waals surface area contributed by atoms with Crippen molar-refractivity contribution < 1.29 is 4.79 Å². The number of halogens is 2. The first-order valence-corrected chi connectivity index (χ1v) is 7.78. The molecule has 0 saturated heterocycles. The first-order valence-electron chi connectivity index (χ1n) is 7.78. The number of rotatable bonds is 6. The zero-order chi connectivity index (χ0) is 16.3. The molecule has 1 amide bonds. The molecule has 6 nitrogen and oxygen atoms in total. The largest absolute Gasteiger partial charge is 0.350 e. The summed E-state index contributed by atoms with van der Waals surface area (Å²) < 4.78 is 1.90. The number of hydrogen-bond acceptors (Lipinski definition) is 4. The summed E-state index contributed by atoms with van der Waals surface area (Å²) in [7, 11) is 1.88. The van der Waals surface area contributed by atoms with E-state index in [0.29, 0.717) is 12.1 Å². The minimum atomic E-state index is -0.0821. The minimum Gasteiger partial charge on any atom is -0.350 e. The zero-order valence-corrected chi connectivity index (χ0v) is 16.4. The van der Waals surface area contributed by atoms with Gasteiger partial charge in [0.15, 0.2) is 5.65 Å². The van der Waals surface area contributed by atoms with Gasteiger partial charge in [-0.15, -0.1) is 24.8 Å². The first kappa shape index (κ1) is 22.6. The van der Waals surface area contributed by atoms with E-state index in [9.17, 15) is 4.79 Å². The van der Waals surface area contributed by atoms with Gasteiger partial charge in [0, 0.05) is 18.3 Å². The van der Waals surface area contributed by atoms with Crippen LogP contribution in [0.5, 0.6) is 0 Å². The smallest absolute Gasteiger partial charge is 0.252 e. The lowest BCUT2D eigenvalue weighted by Gasteiger charge is -2.13. The van der Waals surface area contributed by atoms with Crippen LogP contribution in [0.1, 0.15) is 49.3 Å². The van der Waals surface area contributed by atoms with Gasteiger partial charge in [0.2, 0.25) is 0 Å². The van der Waals surface area contributed by atoms with Gasteiger partial charge in [0.25, 0.3) is 5.91 Å². The van der Waals surface area contributed by atoms with Crippen LogP contribution in [0.15, 0.2) is 12.3 Å². The summed E-state index contributed by atoms with van der Waals surface area (Å²) in [6.45, 7) is 8.72. The number of likely N-dealkylation sites (N-methyl/N-ethyl adjacent to an activating group) is 1. The molecule has 2 heterocycles. The summed E-state index contributed by atoms with van der Waals surface area (Å²) in [5.41, 5.74) is 2.24. The number of hydrogen-bond donors (Lipinski definition) is 2. The minimum absolute atomic E-state index is 0. The molecule has 2 aromatic rings. The van der Waals surface area contributed by atoms with E-state index in [1.165, 1.54) is 0 Å². The molecule has 2 N–H and O–H groups in total. The van der Waals surface area contributed by atoms with Crippen LogP contribution in [-0.2, 0) is 0 Å². The molecule has 0 aliphatic carbocycles. The van der Waals surface area contributed by atoms with Crippen LogP contribution >= 0.6 is 24.8 Å². The van der Waals surface area contributed by atoms with Crippen molar-refractivity contribution in [2.75, 3.05) is 13.6 Å². The van der Waals surface area contributed by atoms with Crippen LogP contribution < -0.4 is 10.6 Å². The molecule has 0 radical (unpaired) electrons. The summed E-state index contributed by atoms with van der Waals surface area (Å²) >= 11 is 0. The Labute approximate surface area is 155 Å². The van der Waals surface area contributed by atoms with Gasteiger partial charge in [0.1, 0.15) is 0 Å². The Morgan fingerprint density at radius 2 is 2.00 bits per heavy atom. The number of aryl methyl sites for hydroxylation is 1. The lowest BCUT2D eigenvalue weighted by atomic mass is 10.1. The van der Waals surface area contributed by atoms with E-state index >= 15 is 0 Å². The Morgan fingerprint density at radius 1 is 1.33 bits per heavy atom. The molecular weight excluding hydrogens is 349 g/mol. The number of amides is 1. The second kappa shape index (κ2) is 9.81. The zero-order valence-electron chi connectivity index (χ0n) is 14.8. The maximum atomic E-state index is 12.5. The van der Waals surface area contributed by atoms with Crippen LogP contribution in [0.25, 0.3) is 11.0 Å². The van der Waals surface area contributed by atoms with E-state index in [-0.39, 0.29) is 42.8 Å². The molecule has 2 unspecified atom stereocenters. The fourth-order valence-corrected chi connectivity index (χ4v) is 2.27. The normalized spacial score (nSPS) is 12.9. The molecule has 0 saturated carbocycles. The topological polar surface area (TPSA) is 71.8 Å². The predicted molar refractivity (Wildman–Crippen MR) is 103 cm³/mol. The third kappa shape index (κ3) is 4.82. The molecule has 0 aromatic carbocycles. The monoisotopic (exact) mass is 375 g/mol. The molecule has 136 valence electrons. The Hall–Kier alpha value is -1.37. The summed E-state index contributed by atoms with van der Waals surface area (Å²) in [6, 6.07) is 2.31. The lowest BCUT2D eigenvalue weighted by molar-refractivity contribution is 0.0952. The number of nitrogens with zero attached hydrogens (tertiary/aromatic N) is 3. The number of pyridine rings is 1. The lowest BCUT2D eigenvalue weighted by Crippen LogP contribution is -2.37. The molecule has 2 atom stereocenters. The van der Waals surface area contributed by atoms with Gasteiger partial charge >= 0.3 is 0 Å². The molecule has 2 aromatic heterocycles. The highest BCUT2D eigenvalue weighted by molar-refractivity contribution is 6.05. The van der Waals surface area contributed by atoms with Gasteiger partial charge < -0.3 is 10.6 Å². The number of carbonyl (C=O) groups excluding carboxylic acids is 1. The second-order valence-corrected chi connectivity index (χ2v) is 5.79. The molecule has 0 spiro atoms. The average Bonchev–Trinajstić information content (AvgIpc) is 2.94. The van der Waals surface area contributed by atoms with Crippen molar-refractivity contribution in [1.82, 2.24) is 25.4 Å². The Bertz CT molecular complexity index is 674. The Balaban J connectivity index is 0.00000264. The predicted octanol–water partition coefficient (Wildman–Crippen LogP) is 2.89. The SMILES string of the molecule is CCC(C)n1ncc2c(C(=O)NCC(C)NC)cc(C)nc21.Cl.Cl. The molecule has 0 aliphatic rings. The van der Waals surface area contributed by atoms with E-state index < -0.39 is 0 Å². The van der Waals surface area contributed by atoms with Crippen molar-refractivity contribution in [3.8, 4) is 0 Å². The maximum Gasteiger partial charge on any atom is 0.252 e. The second-order valence-electron chi connectivity index (χ2n) is 5.79. The van der Waals surface area contributed by atoms with Crippen molar-refractivity contribution in [2.45, 2.75) is 46.2 Å². The highest BCUT2D eigenvalue weighted by Crippen LogP contribution is 2.22. The summed E-state index contributed by atoms with van der Waals surface area (Å²) in [5, 5.41) is 11.3.